The van der Waals surface area contributed by atoms with Gasteiger partial charge in [0.1, 0.15) is 0 Å². The lowest BCUT2D eigenvalue weighted by molar-refractivity contribution is 0.0412. The van der Waals surface area contributed by atoms with Gasteiger partial charge in [-0.1, -0.05) is 0 Å². The van der Waals surface area contributed by atoms with Gasteiger partial charge in [-0.2, -0.15) is 0 Å². The fourth-order valence-electron chi connectivity index (χ4n) is 2.52. The van der Waals surface area contributed by atoms with Crippen molar-refractivity contribution in [2.24, 2.45) is 4.99 Å². The Kier molecular flexibility index (Phi) is 4.45. The molecule has 2 aliphatic heterocycles. The molecule has 0 aromatic carbocycles. The highest BCUT2D eigenvalue weighted by atomic mass is 15.3. The van der Waals surface area contributed by atoms with Crippen LogP contribution in [0.25, 0.3) is 0 Å². The van der Waals surface area contributed by atoms with E-state index in [2.05, 4.69) is 46.3 Å². The molecule has 0 aromatic heterocycles. The van der Waals surface area contributed by atoms with Crippen LogP contribution in [0.2, 0.25) is 0 Å². The molecule has 0 bridgehead atoms. The highest BCUT2D eigenvalue weighted by Crippen LogP contribution is 2.18. The second-order valence-corrected chi connectivity index (χ2v) is 5.95. The summed E-state index contributed by atoms with van der Waals surface area (Å²) in [5.41, 5.74) is 0.291. The number of aliphatic imine (C=N–C) groups is 1. The number of piperazine rings is 1. The lowest BCUT2D eigenvalue weighted by atomic mass is 10.00. The van der Waals surface area contributed by atoms with Crippen LogP contribution in [0.5, 0.6) is 0 Å². The maximum Gasteiger partial charge on any atom is 0.191 e. The molecular formula is C13H27N5. The van der Waals surface area contributed by atoms with Crippen LogP contribution in [0.15, 0.2) is 4.99 Å². The first kappa shape index (κ1) is 13.6. The predicted octanol–water partition coefficient (Wildman–Crippen LogP) is -0.0487. The van der Waals surface area contributed by atoms with Crippen LogP contribution in [0.3, 0.4) is 0 Å². The molecule has 0 radical (unpaired) electrons. The molecule has 0 amide bonds. The molecular weight excluding hydrogens is 226 g/mol. The van der Waals surface area contributed by atoms with Gasteiger partial charge < -0.3 is 10.6 Å². The highest BCUT2D eigenvalue weighted by molar-refractivity contribution is 5.80. The van der Waals surface area contributed by atoms with E-state index < -0.39 is 0 Å². The van der Waals surface area contributed by atoms with Crippen LogP contribution in [0.1, 0.15) is 20.3 Å². The first-order chi connectivity index (χ1) is 8.58. The molecule has 1 saturated heterocycles. The zero-order valence-corrected chi connectivity index (χ0v) is 12.0. The second kappa shape index (κ2) is 5.89. The van der Waals surface area contributed by atoms with E-state index in [0.29, 0.717) is 5.54 Å². The topological polar surface area (TPSA) is 42.9 Å². The van der Waals surface area contributed by atoms with Gasteiger partial charge in [-0.25, -0.2) is 0 Å². The van der Waals surface area contributed by atoms with Gasteiger partial charge in [0.25, 0.3) is 0 Å². The number of likely N-dealkylation sites (N-methyl/N-ethyl adjacent to an activating group) is 1. The van der Waals surface area contributed by atoms with E-state index in [-0.39, 0.29) is 0 Å². The van der Waals surface area contributed by atoms with Crippen LogP contribution in [0.4, 0.5) is 0 Å². The van der Waals surface area contributed by atoms with Crippen molar-refractivity contribution in [3.8, 4) is 0 Å². The zero-order chi connectivity index (χ0) is 13.0. The van der Waals surface area contributed by atoms with E-state index >= 15 is 0 Å². The van der Waals surface area contributed by atoms with E-state index in [1.54, 1.807) is 0 Å². The fraction of sp³-hybridized carbons (Fsp3) is 0.923. The van der Waals surface area contributed by atoms with Crippen molar-refractivity contribution in [3.63, 3.8) is 0 Å². The third-order valence-electron chi connectivity index (χ3n) is 4.01. The van der Waals surface area contributed by atoms with Crippen molar-refractivity contribution in [3.05, 3.63) is 0 Å². The summed E-state index contributed by atoms with van der Waals surface area (Å²) in [4.78, 5) is 9.41. The Morgan fingerprint density at radius 2 is 2.22 bits per heavy atom. The largest absolute Gasteiger partial charge is 0.356 e. The van der Waals surface area contributed by atoms with Crippen LogP contribution >= 0.6 is 0 Å². The maximum absolute atomic E-state index is 4.42. The molecule has 1 fully saturated rings. The number of nitrogens with one attached hydrogen (secondary N) is 2. The average Bonchev–Trinajstić information content (AvgIpc) is 2.35. The summed E-state index contributed by atoms with van der Waals surface area (Å²) in [6.45, 7) is 12.2. The van der Waals surface area contributed by atoms with Gasteiger partial charge >= 0.3 is 0 Å². The van der Waals surface area contributed by atoms with Crippen molar-refractivity contribution in [1.29, 1.82) is 0 Å². The summed E-state index contributed by atoms with van der Waals surface area (Å²) < 4.78 is 0. The van der Waals surface area contributed by atoms with Crippen molar-refractivity contribution in [1.82, 2.24) is 20.4 Å². The standard InChI is InChI=1S/C13H27N5/c1-13(2)11-18(10-9-17(13)3)8-7-16-12-14-5-4-6-15-12/h4-11H2,1-3H3,(H2,14,15,16). The number of hydrogen-bond acceptors (Lipinski definition) is 5. The molecule has 2 heterocycles. The SMILES string of the molecule is CN1CCN(CCNC2=NCCCN2)CC1(C)C. The number of nitrogens with zero attached hydrogens (tertiary/aromatic N) is 3. The normalized spacial score (nSPS) is 25.4. The molecule has 0 spiro atoms. The van der Waals surface area contributed by atoms with Crippen molar-refractivity contribution < 1.29 is 0 Å². The van der Waals surface area contributed by atoms with Gasteiger partial charge in [0, 0.05) is 51.4 Å². The molecule has 2 aliphatic rings. The highest BCUT2D eigenvalue weighted by Gasteiger charge is 2.30. The van der Waals surface area contributed by atoms with Gasteiger partial charge in [-0.3, -0.25) is 14.8 Å². The number of guanidine groups is 1. The lowest BCUT2D eigenvalue weighted by Crippen LogP contribution is -2.58. The molecule has 0 aliphatic carbocycles. The Morgan fingerprint density at radius 1 is 1.39 bits per heavy atom. The number of hydrogen-bond donors (Lipinski definition) is 2. The van der Waals surface area contributed by atoms with E-state index in [1.165, 1.54) is 6.54 Å². The molecule has 104 valence electrons. The third kappa shape index (κ3) is 3.59. The summed E-state index contributed by atoms with van der Waals surface area (Å²) in [5.74, 6) is 0.981. The second-order valence-electron chi connectivity index (χ2n) is 5.95. The molecule has 0 atom stereocenters. The van der Waals surface area contributed by atoms with E-state index in [1.807, 2.05) is 0 Å². The molecule has 2 N–H and O–H groups in total. The van der Waals surface area contributed by atoms with Crippen LogP contribution in [-0.4, -0.2) is 74.2 Å². The summed E-state index contributed by atoms with van der Waals surface area (Å²) in [6, 6.07) is 0. The smallest absolute Gasteiger partial charge is 0.191 e. The van der Waals surface area contributed by atoms with Gasteiger partial charge in [-0.05, 0) is 27.3 Å². The summed E-state index contributed by atoms with van der Waals surface area (Å²) in [6.07, 6.45) is 1.15. The minimum absolute atomic E-state index is 0.291. The predicted molar refractivity (Wildman–Crippen MR) is 76.1 cm³/mol. The van der Waals surface area contributed by atoms with Crippen molar-refractivity contribution >= 4 is 5.96 Å². The first-order valence-electron chi connectivity index (χ1n) is 7.04. The van der Waals surface area contributed by atoms with Gasteiger partial charge in [0.05, 0.1) is 0 Å². The van der Waals surface area contributed by atoms with Crippen LogP contribution in [-0.2, 0) is 0 Å². The monoisotopic (exact) mass is 253 g/mol. The Bertz CT molecular complexity index is 300. The summed E-state index contributed by atoms with van der Waals surface area (Å²) >= 11 is 0. The Hall–Kier alpha value is -0.810. The molecule has 5 heteroatoms. The summed E-state index contributed by atoms with van der Waals surface area (Å²) in [5, 5.41) is 6.68. The van der Waals surface area contributed by atoms with Gasteiger partial charge in [-0.15, -0.1) is 0 Å². The molecule has 18 heavy (non-hydrogen) atoms. The van der Waals surface area contributed by atoms with Gasteiger partial charge in [0.2, 0.25) is 0 Å². The Balaban J connectivity index is 1.69. The van der Waals surface area contributed by atoms with E-state index in [0.717, 1.165) is 51.6 Å². The van der Waals surface area contributed by atoms with Crippen molar-refractivity contribution in [2.75, 3.05) is 52.9 Å². The quantitative estimate of drug-likeness (QED) is 0.740. The zero-order valence-electron chi connectivity index (χ0n) is 12.0. The molecule has 2 rings (SSSR count). The lowest BCUT2D eigenvalue weighted by Gasteiger charge is -2.45. The minimum atomic E-state index is 0.291. The maximum atomic E-state index is 4.42. The van der Waals surface area contributed by atoms with E-state index in [9.17, 15) is 0 Å². The Morgan fingerprint density at radius 3 is 2.89 bits per heavy atom. The first-order valence-corrected chi connectivity index (χ1v) is 7.04. The Labute approximate surface area is 111 Å². The fourth-order valence-corrected chi connectivity index (χ4v) is 2.52. The third-order valence-corrected chi connectivity index (χ3v) is 4.01. The average molecular weight is 253 g/mol. The molecule has 0 saturated carbocycles. The molecule has 0 unspecified atom stereocenters. The number of rotatable bonds is 3. The van der Waals surface area contributed by atoms with E-state index in [4.69, 9.17) is 0 Å². The van der Waals surface area contributed by atoms with Gasteiger partial charge in [0.15, 0.2) is 5.96 Å². The summed E-state index contributed by atoms with van der Waals surface area (Å²) in [7, 11) is 2.22. The molecule has 5 nitrogen and oxygen atoms in total. The molecule has 0 aromatic rings. The van der Waals surface area contributed by atoms with Crippen LogP contribution < -0.4 is 10.6 Å². The minimum Gasteiger partial charge on any atom is -0.356 e. The van der Waals surface area contributed by atoms with Crippen LogP contribution in [0, 0.1) is 0 Å². The van der Waals surface area contributed by atoms with Crippen molar-refractivity contribution in [2.45, 2.75) is 25.8 Å².